The van der Waals surface area contributed by atoms with Crippen molar-refractivity contribution in [2.75, 3.05) is 0 Å². The van der Waals surface area contributed by atoms with E-state index in [1.165, 1.54) is 0 Å². The summed E-state index contributed by atoms with van der Waals surface area (Å²) in [6.45, 7) is 0. The van der Waals surface area contributed by atoms with Gasteiger partial charge in [-0.1, -0.05) is 12.1 Å². The summed E-state index contributed by atoms with van der Waals surface area (Å²) in [5, 5.41) is 4.11. The van der Waals surface area contributed by atoms with Gasteiger partial charge in [-0.15, -0.1) is 0 Å². The van der Waals surface area contributed by atoms with Gasteiger partial charge in [0.25, 0.3) is 0 Å². The van der Waals surface area contributed by atoms with Crippen molar-refractivity contribution in [3.63, 3.8) is 0 Å². The zero-order valence-corrected chi connectivity index (χ0v) is 9.45. The zero-order chi connectivity index (χ0) is 12.5. The molecule has 1 aliphatic heterocycles. The second-order valence-electron chi connectivity index (χ2n) is 4.09. The number of ether oxygens (including phenoxy) is 1. The van der Waals surface area contributed by atoms with E-state index in [-0.39, 0.29) is 6.42 Å². The van der Waals surface area contributed by atoms with Crippen LogP contribution in [0.4, 0.5) is 0 Å². The number of cyclic esters (lactones) is 2. The highest BCUT2D eigenvalue weighted by Crippen LogP contribution is 2.27. The van der Waals surface area contributed by atoms with Gasteiger partial charge in [-0.2, -0.15) is 5.10 Å². The second kappa shape index (κ2) is 4.10. The van der Waals surface area contributed by atoms with Gasteiger partial charge in [-0.05, 0) is 23.8 Å². The third kappa shape index (κ3) is 1.79. The summed E-state index contributed by atoms with van der Waals surface area (Å²) in [4.78, 5) is 22.5. The molecule has 0 aliphatic carbocycles. The molecule has 1 aliphatic rings. The van der Waals surface area contributed by atoms with Crippen LogP contribution in [0, 0.1) is 0 Å². The maximum Gasteiger partial charge on any atom is 0.321 e. The van der Waals surface area contributed by atoms with E-state index in [9.17, 15) is 9.59 Å². The van der Waals surface area contributed by atoms with Crippen LogP contribution in [0.2, 0.25) is 0 Å². The molecule has 90 valence electrons. The van der Waals surface area contributed by atoms with Crippen molar-refractivity contribution in [2.24, 2.45) is 0 Å². The van der Waals surface area contributed by atoms with Crippen LogP contribution in [-0.2, 0) is 14.3 Å². The molecule has 5 heteroatoms. The van der Waals surface area contributed by atoms with Gasteiger partial charge in [0.05, 0.1) is 18.0 Å². The van der Waals surface area contributed by atoms with Gasteiger partial charge < -0.3 is 4.74 Å². The first-order valence-corrected chi connectivity index (χ1v) is 5.58. The molecule has 5 nitrogen and oxygen atoms in total. The highest BCUT2D eigenvalue weighted by atomic mass is 16.6. The lowest BCUT2D eigenvalue weighted by Crippen LogP contribution is -2.05. The van der Waals surface area contributed by atoms with E-state index in [0.29, 0.717) is 0 Å². The normalized spacial score (nSPS) is 19.0. The lowest BCUT2D eigenvalue weighted by molar-refractivity contribution is -0.152. The summed E-state index contributed by atoms with van der Waals surface area (Å²) in [6.07, 6.45) is 3.66. The lowest BCUT2D eigenvalue weighted by Gasteiger charge is -2.06. The Labute approximate surface area is 103 Å². The summed E-state index contributed by atoms with van der Waals surface area (Å²) in [5.74, 6) is -1.39. The molecule has 3 rings (SSSR count). The molecule has 1 aromatic carbocycles. The Bertz CT molecular complexity index is 587. The highest BCUT2D eigenvalue weighted by Gasteiger charge is 2.34. The average Bonchev–Trinajstić information content (AvgIpc) is 2.99. The van der Waals surface area contributed by atoms with Crippen molar-refractivity contribution >= 4 is 11.9 Å². The monoisotopic (exact) mass is 242 g/mol. The Morgan fingerprint density at radius 1 is 1.22 bits per heavy atom. The third-order valence-corrected chi connectivity index (χ3v) is 2.93. The van der Waals surface area contributed by atoms with Crippen LogP contribution in [0.25, 0.3) is 5.69 Å². The molecule has 1 saturated heterocycles. The summed E-state index contributed by atoms with van der Waals surface area (Å²) in [6, 6.07) is 9.20. The van der Waals surface area contributed by atoms with Crippen LogP contribution in [-0.4, -0.2) is 21.7 Å². The summed E-state index contributed by atoms with van der Waals surface area (Å²) >= 11 is 0. The predicted octanol–water partition coefficient (Wildman–Crippen LogP) is 1.43. The van der Waals surface area contributed by atoms with Crippen molar-refractivity contribution in [1.29, 1.82) is 0 Å². The summed E-state index contributed by atoms with van der Waals surface area (Å²) < 4.78 is 6.26. The Morgan fingerprint density at radius 3 is 2.56 bits per heavy atom. The molecular formula is C13H10N2O3. The van der Waals surface area contributed by atoms with Crippen LogP contribution in [0.15, 0.2) is 42.7 Å². The quantitative estimate of drug-likeness (QED) is 0.590. The number of esters is 2. The van der Waals surface area contributed by atoms with Crippen LogP contribution in [0.5, 0.6) is 0 Å². The van der Waals surface area contributed by atoms with Gasteiger partial charge in [0.1, 0.15) is 0 Å². The fraction of sp³-hybridized carbons (Fsp3) is 0.154. The van der Waals surface area contributed by atoms with E-state index >= 15 is 0 Å². The average molecular weight is 242 g/mol. The first-order valence-electron chi connectivity index (χ1n) is 5.58. The molecule has 1 atom stereocenters. The molecule has 1 fully saturated rings. The third-order valence-electron chi connectivity index (χ3n) is 2.93. The van der Waals surface area contributed by atoms with Crippen molar-refractivity contribution in [3.05, 3.63) is 48.3 Å². The molecule has 1 aromatic heterocycles. The van der Waals surface area contributed by atoms with Gasteiger partial charge in [-0.3, -0.25) is 9.59 Å². The highest BCUT2D eigenvalue weighted by molar-refractivity contribution is 5.97. The van der Waals surface area contributed by atoms with E-state index < -0.39 is 17.9 Å². The number of nitrogens with zero attached hydrogens (tertiary/aromatic N) is 2. The topological polar surface area (TPSA) is 61.2 Å². The molecule has 18 heavy (non-hydrogen) atoms. The lowest BCUT2D eigenvalue weighted by atomic mass is 9.97. The number of rotatable bonds is 2. The molecule has 0 bridgehead atoms. The zero-order valence-electron chi connectivity index (χ0n) is 9.45. The fourth-order valence-corrected chi connectivity index (χ4v) is 2.01. The molecular weight excluding hydrogens is 232 g/mol. The van der Waals surface area contributed by atoms with Crippen molar-refractivity contribution in [3.8, 4) is 5.69 Å². The van der Waals surface area contributed by atoms with Crippen LogP contribution < -0.4 is 0 Å². The van der Waals surface area contributed by atoms with Crippen LogP contribution in [0.1, 0.15) is 17.9 Å². The Hall–Kier alpha value is -2.43. The fourth-order valence-electron chi connectivity index (χ4n) is 2.01. The van der Waals surface area contributed by atoms with Crippen molar-refractivity contribution < 1.29 is 14.3 Å². The minimum absolute atomic E-state index is 0.125. The smallest absolute Gasteiger partial charge is 0.321 e. The van der Waals surface area contributed by atoms with Crippen molar-refractivity contribution in [2.45, 2.75) is 12.3 Å². The molecule has 0 amide bonds. The standard InChI is InChI=1S/C13H10N2O3/c16-12-8-11(13(17)18-12)9-2-4-10(5-3-9)15-7-1-6-14-15/h1-7,11H,8H2. The molecule has 0 spiro atoms. The van der Waals surface area contributed by atoms with Gasteiger partial charge in [0.15, 0.2) is 0 Å². The SMILES string of the molecule is O=C1CC(c2ccc(-n3cccn3)cc2)C(=O)O1. The largest absolute Gasteiger partial charge is 0.393 e. The molecule has 1 unspecified atom stereocenters. The van der Waals surface area contributed by atoms with Crippen LogP contribution >= 0.6 is 0 Å². The molecule has 0 N–H and O–H groups in total. The Balaban J connectivity index is 1.88. The van der Waals surface area contributed by atoms with Crippen molar-refractivity contribution in [1.82, 2.24) is 9.78 Å². The molecule has 0 radical (unpaired) electrons. The van der Waals surface area contributed by atoms with E-state index in [2.05, 4.69) is 9.84 Å². The number of benzene rings is 1. The van der Waals surface area contributed by atoms with Gasteiger partial charge >= 0.3 is 11.9 Å². The van der Waals surface area contributed by atoms with Gasteiger partial charge in [0, 0.05) is 12.4 Å². The van der Waals surface area contributed by atoms with Gasteiger partial charge in [0.2, 0.25) is 0 Å². The maximum atomic E-state index is 11.4. The summed E-state index contributed by atoms with van der Waals surface area (Å²) in [7, 11) is 0. The number of hydrogen-bond donors (Lipinski definition) is 0. The molecule has 2 heterocycles. The predicted molar refractivity (Wildman–Crippen MR) is 62.0 cm³/mol. The number of hydrogen-bond acceptors (Lipinski definition) is 4. The van der Waals surface area contributed by atoms with E-state index in [0.717, 1.165) is 11.3 Å². The van der Waals surface area contributed by atoms with Gasteiger partial charge in [-0.25, -0.2) is 4.68 Å². The maximum absolute atomic E-state index is 11.4. The second-order valence-corrected chi connectivity index (χ2v) is 4.09. The summed E-state index contributed by atoms with van der Waals surface area (Å²) in [5.41, 5.74) is 1.70. The molecule has 0 saturated carbocycles. The minimum atomic E-state index is -0.468. The minimum Gasteiger partial charge on any atom is -0.393 e. The first-order chi connectivity index (χ1) is 8.74. The Morgan fingerprint density at radius 2 is 2.00 bits per heavy atom. The number of carbonyl (C=O) groups is 2. The van der Waals surface area contributed by atoms with E-state index in [1.807, 2.05) is 36.5 Å². The number of aromatic nitrogens is 2. The Kier molecular flexibility index (Phi) is 2.44. The first kappa shape index (κ1) is 10.7. The van der Waals surface area contributed by atoms with Crippen LogP contribution in [0.3, 0.4) is 0 Å². The number of carbonyl (C=O) groups excluding carboxylic acids is 2. The molecule has 2 aromatic rings. The van der Waals surface area contributed by atoms with E-state index in [1.54, 1.807) is 10.9 Å². The van der Waals surface area contributed by atoms with E-state index in [4.69, 9.17) is 0 Å².